The topological polar surface area (TPSA) is 21.3 Å². The van der Waals surface area contributed by atoms with Gasteiger partial charge >= 0.3 is 0 Å². The Morgan fingerprint density at radius 2 is 2.10 bits per heavy atom. The molecule has 0 fully saturated rings. The van der Waals surface area contributed by atoms with E-state index < -0.39 is 0 Å². The maximum absolute atomic E-state index is 4.64. The monoisotopic (exact) mass is 179 g/mol. The minimum absolute atomic E-state index is 0.602. The summed E-state index contributed by atoms with van der Waals surface area (Å²) in [5.41, 5.74) is 0. The molecule has 0 amide bonds. The lowest BCUT2D eigenvalue weighted by Gasteiger charge is -1.93. The van der Waals surface area contributed by atoms with Crippen molar-refractivity contribution < 1.29 is 4.52 Å². The maximum atomic E-state index is 4.64. The van der Waals surface area contributed by atoms with Crippen molar-refractivity contribution in [3.63, 3.8) is 0 Å². The van der Waals surface area contributed by atoms with Gasteiger partial charge in [-0.3, -0.25) is 0 Å². The molecule has 0 spiro atoms. The number of nitrogens with one attached hydrogen (secondary N) is 1. The van der Waals surface area contributed by atoms with E-state index in [1.165, 1.54) is 0 Å². The second-order valence-electron chi connectivity index (χ2n) is 1.08. The van der Waals surface area contributed by atoms with Crippen LogP contribution in [0.5, 0.6) is 0 Å². The number of hydrogen-bond acceptors (Lipinski definition) is 2. The summed E-state index contributed by atoms with van der Waals surface area (Å²) in [7, 11) is 4.43. The van der Waals surface area contributed by atoms with Gasteiger partial charge in [0.2, 0.25) is 0 Å². The molecule has 0 bridgehead atoms. The lowest BCUT2D eigenvalue weighted by atomic mass is 10.5. The van der Waals surface area contributed by atoms with Crippen molar-refractivity contribution >= 4 is 18.9 Å². The summed E-state index contributed by atoms with van der Waals surface area (Å²) in [6, 6.07) is 0. The van der Waals surface area contributed by atoms with Gasteiger partial charge in [0.25, 0.3) is 0 Å². The summed E-state index contributed by atoms with van der Waals surface area (Å²) in [6.07, 6.45) is 3.41. The maximum Gasteiger partial charge on any atom is 0.116 e. The summed E-state index contributed by atoms with van der Waals surface area (Å²) in [4.78, 5) is 0. The van der Waals surface area contributed by atoms with E-state index in [9.17, 15) is 0 Å². The molecular formula is C6H15NOP2. The fraction of sp³-hybridized carbons (Fsp3) is 0.333. The molecule has 60 valence electrons. The Bertz CT molecular complexity index is 104. The van der Waals surface area contributed by atoms with E-state index in [1.54, 1.807) is 12.3 Å². The average Bonchev–Trinajstić information content (AvgIpc) is 2.04. The first-order valence-corrected chi connectivity index (χ1v) is 4.04. The second kappa shape index (κ2) is 11.7. The fourth-order valence-electron chi connectivity index (χ4n) is 0.180. The molecule has 0 radical (unpaired) electrons. The van der Waals surface area contributed by atoms with Gasteiger partial charge in [-0.1, -0.05) is 20.4 Å². The lowest BCUT2D eigenvalue weighted by molar-refractivity contribution is 0.523. The first-order chi connectivity index (χ1) is 4.81. The predicted octanol–water partition coefficient (Wildman–Crippen LogP) is 2.23. The van der Waals surface area contributed by atoms with Crippen LogP contribution in [0.3, 0.4) is 0 Å². The molecule has 10 heavy (non-hydrogen) atoms. The van der Waals surface area contributed by atoms with E-state index in [0.717, 1.165) is 0 Å². The van der Waals surface area contributed by atoms with E-state index in [4.69, 9.17) is 0 Å². The molecule has 0 aliphatic heterocycles. The van der Waals surface area contributed by atoms with E-state index in [2.05, 4.69) is 35.0 Å². The third-order valence-electron chi connectivity index (χ3n) is 0.517. The van der Waals surface area contributed by atoms with E-state index in [-0.39, 0.29) is 0 Å². The summed E-state index contributed by atoms with van der Waals surface area (Å²) in [6.45, 7) is 7.53. The Hall–Kier alpha value is -0.0600. The van der Waals surface area contributed by atoms with E-state index in [1.807, 2.05) is 13.8 Å². The van der Waals surface area contributed by atoms with Crippen LogP contribution < -0.4 is 5.09 Å². The Balaban J connectivity index is 0. The standard InChI is InChI=1S/C4H9NOP2.C2H6/c1-4(6-8)2-3-5-7;1-2/h2-3,5H,1,7-8H2;1-2H3/b3-2+;. The highest BCUT2D eigenvalue weighted by Gasteiger charge is 1.76. The third kappa shape index (κ3) is 10.8. The van der Waals surface area contributed by atoms with Gasteiger partial charge in [0.1, 0.15) is 5.76 Å². The molecule has 0 rings (SSSR count). The Morgan fingerprint density at radius 3 is 2.40 bits per heavy atom. The lowest BCUT2D eigenvalue weighted by Crippen LogP contribution is -1.80. The quantitative estimate of drug-likeness (QED) is 0.407. The van der Waals surface area contributed by atoms with Crippen molar-refractivity contribution in [2.24, 2.45) is 0 Å². The Labute approximate surface area is 67.7 Å². The van der Waals surface area contributed by atoms with Crippen LogP contribution in [0.1, 0.15) is 13.8 Å². The molecule has 1 N–H and O–H groups in total. The van der Waals surface area contributed by atoms with Gasteiger partial charge < -0.3 is 9.61 Å². The largest absolute Gasteiger partial charge is 0.481 e. The van der Waals surface area contributed by atoms with Gasteiger partial charge in [-0.25, -0.2) is 0 Å². The summed E-state index contributed by atoms with van der Waals surface area (Å²) < 4.78 is 4.64. The van der Waals surface area contributed by atoms with E-state index >= 15 is 0 Å². The molecule has 0 aromatic rings. The summed E-state index contributed by atoms with van der Waals surface area (Å²) >= 11 is 0. The van der Waals surface area contributed by atoms with Crippen molar-refractivity contribution in [3.05, 3.63) is 24.6 Å². The van der Waals surface area contributed by atoms with Crippen LogP contribution in [-0.2, 0) is 4.52 Å². The molecule has 0 aromatic carbocycles. The van der Waals surface area contributed by atoms with Crippen molar-refractivity contribution in [1.82, 2.24) is 5.09 Å². The molecule has 0 aliphatic carbocycles. The van der Waals surface area contributed by atoms with Crippen LogP contribution in [0.4, 0.5) is 0 Å². The normalized spacial score (nSPS) is 8.00. The third-order valence-corrected chi connectivity index (χ3v) is 1.01. The van der Waals surface area contributed by atoms with Crippen LogP contribution in [0.25, 0.3) is 0 Å². The van der Waals surface area contributed by atoms with Gasteiger partial charge in [-0.2, -0.15) is 0 Å². The zero-order valence-electron chi connectivity index (χ0n) is 6.42. The molecule has 4 heteroatoms. The predicted molar refractivity (Wildman–Crippen MR) is 53.3 cm³/mol. The van der Waals surface area contributed by atoms with Crippen LogP contribution in [0, 0.1) is 0 Å². The number of hydrogen-bond donors (Lipinski definition) is 1. The van der Waals surface area contributed by atoms with Gasteiger partial charge in [-0.05, 0) is 15.5 Å². The van der Waals surface area contributed by atoms with E-state index in [0.29, 0.717) is 5.76 Å². The Morgan fingerprint density at radius 1 is 1.60 bits per heavy atom. The van der Waals surface area contributed by atoms with Crippen LogP contribution >= 0.6 is 18.9 Å². The van der Waals surface area contributed by atoms with Crippen molar-refractivity contribution in [2.45, 2.75) is 13.8 Å². The van der Waals surface area contributed by atoms with Gasteiger partial charge in [0.05, 0.1) is 9.47 Å². The van der Waals surface area contributed by atoms with Gasteiger partial charge in [0.15, 0.2) is 0 Å². The molecular weight excluding hydrogens is 164 g/mol. The molecule has 0 aromatic heterocycles. The molecule has 0 heterocycles. The minimum atomic E-state index is 0.602. The van der Waals surface area contributed by atoms with Crippen molar-refractivity contribution in [2.75, 3.05) is 0 Å². The van der Waals surface area contributed by atoms with Gasteiger partial charge in [0, 0.05) is 6.20 Å². The first kappa shape index (κ1) is 12.6. The first-order valence-electron chi connectivity index (χ1n) is 2.99. The SMILES string of the molecule is C=C(/C=C/NP)OP.CC. The Kier molecular flexibility index (Phi) is 14.7. The molecule has 0 saturated carbocycles. The highest BCUT2D eigenvalue weighted by atomic mass is 31.0. The highest BCUT2D eigenvalue weighted by Crippen LogP contribution is 1.99. The number of rotatable bonds is 3. The fourth-order valence-corrected chi connectivity index (χ4v) is 0.355. The molecule has 0 saturated heterocycles. The smallest absolute Gasteiger partial charge is 0.116 e. The zero-order chi connectivity index (χ0) is 8.41. The van der Waals surface area contributed by atoms with Crippen molar-refractivity contribution in [1.29, 1.82) is 0 Å². The molecule has 2 nitrogen and oxygen atoms in total. The van der Waals surface area contributed by atoms with Crippen molar-refractivity contribution in [3.8, 4) is 0 Å². The molecule has 2 atom stereocenters. The highest BCUT2D eigenvalue weighted by molar-refractivity contribution is 7.13. The van der Waals surface area contributed by atoms with Crippen LogP contribution in [0.2, 0.25) is 0 Å². The average molecular weight is 179 g/mol. The zero-order valence-corrected chi connectivity index (χ0v) is 8.73. The molecule has 0 aliphatic rings. The molecule has 2 unspecified atom stereocenters. The van der Waals surface area contributed by atoms with Gasteiger partial charge in [-0.15, -0.1) is 0 Å². The number of allylic oxidation sites excluding steroid dienone is 1. The second-order valence-corrected chi connectivity index (χ2v) is 1.65. The van der Waals surface area contributed by atoms with Crippen LogP contribution in [-0.4, -0.2) is 0 Å². The summed E-state index contributed by atoms with van der Waals surface area (Å²) in [5, 5.41) is 2.72. The van der Waals surface area contributed by atoms with Crippen LogP contribution in [0.15, 0.2) is 24.6 Å². The summed E-state index contributed by atoms with van der Waals surface area (Å²) in [5.74, 6) is 0.602. The minimum Gasteiger partial charge on any atom is -0.481 e.